The van der Waals surface area contributed by atoms with Crippen LogP contribution in [0.2, 0.25) is 0 Å². The number of unbranched alkanes of at least 4 members (excludes halogenated alkanes) is 3. The van der Waals surface area contributed by atoms with Crippen LogP contribution in [0.1, 0.15) is 97.1 Å². The first-order valence-electron chi connectivity index (χ1n) is 31.1. The van der Waals surface area contributed by atoms with E-state index in [1.807, 2.05) is 109 Å². The molecule has 0 aliphatic carbocycles. The molecule has 3 aromatic heterocycles. The lowest BCUT2D eigenvalue weighted by Gasteiger charge is -2.30. The third kappa shape index (κ3) is 15.1. The highest BCUT2D eigenvalue weighted by Gasteiger charge is 2.46. The Labute approximate surface area is 528 Å². The van der Waals surface area contributed by atoms with Gasteiger partial charge in [0.1, 0.15) is 0 Å². The third-order valence-corrected chi connectivity index (χ3v) is 17.5. The highest BCUT2D eigenvalue weighted by atomic mass is 16.2. The van der Waals surface area contributed by atoms with E-state index in [9.17, 15) is 28.8 Å². The van der Waals surface area contributed by atoms with E-state index in [0.717, 1.165) is 66.1 Å². The van der Waals surface area contributed by atoms with Crippen LogP contribution in [0.4, 0.5) is 17.1 Å². The van der Waals surface area contributed by atoms with Crippen LogP contribution in [0.5, 0.6) is 0 Å². The zero-order chi connectivity index (χ0) is 64.9. The number of H-pyrrole nitrogens is 3. The number of fused-ring (bicyclic) bond motifs is 3. The average Bonchev–Trinajstić information content (AvgIpc) is 2.81. The zero-order valence-electron chi connectivity index (χ0n) is 51.2. The number of amides is 3. The maximum Gasteiger partial charge on any atom is 0.252 e. The van der Waals surface area contributed by atoms with Gasteiger partial charge in [0, 0.05) is 74.3 Å². The molecule has 0 fully saturated rings. The highest BCUT2D eigenvalue weighted by Crippen LogP contribution is 2.36. The molecule has 0 saturated carbocycles. The van der Waals surface area contributed by atoms with Crippen molar-refractivity contribution < 1.29 is 28.8 Å². The van der Waals surface area contributed by atoms with Crippen LogP contribution in [0.3, 0.4) is 0 Å². The molecular formula is C70H85N15O6. The van der Waals surface area contributed by atoms with Gasteiger partial charge in [-0.05, 0) is 185 Å². The van der Waals surface area contributed by atoms with E-state index in [-0.39, 0.29) is 38.5 Å². The SMILES string of the molecule is NCCCC[C@](N)(C(=O)Nc1ccc(C(c2ccc(NC(=O)[C@@](N)(CCCCN)C(=O)[C@@H](N)Cc3c[nH]c4ccccc34)cc2)c2ccc(NC(=O)[C@@](N)(CCCCN)C(=O)[C@@H](N)Cc3c[nH]c4ccccc34)cc2)cc1)C(=O)[C@@H](N)Cc1c[nH]c2ccccc12. The average molecular weight is 1230 g/mol. The largest absolute Gasteiger partial charge is 0.361 e. The maximum absolute atomic E-state index is 14.4. The number of Topliss-reactive ketones (excluding diaryl/α,β-unsaturated/α-hetero) is 3. The lowest BCUT2D eigenvalue weighted by molar-refractivity contribution is -0.135. The van der Waals surface area contributed by atoms with Crippen molar-refractivity contribution in [2.24, 2.45) is 51.6 Å². The first-order valence-corrected chi connectivity index (χ1v) is 31.1. The first-order chi connectivity index (χ1) is 43.8. The van der Waals surface area contributed by atoms with Crippen molar-refractivity contribution in [1.82, 2.24) is 15.0 Å². The van der Waals surface area contributed by atoms with Crippen LogP contribution >= 0.6 is 0 Å². The summed E-state index contributed by atoms with van der Waals surface area (Å²) in [6, 6.07) is 40.9. The van der Waals surface area contributed by atoms with Crippen molar-refractivity contribution in [2.75, 3.05) is 35.6 Å². The Kier molecular flexibility index (Phi) is 21.7. The number of benzene rings is 6. The molecule has 6 atom stereocenters. The van der Waals surface area contributed by atoms with Gasteiger partial charge in [-0.3, -0.25) is 28.8 Å². The van der Waals surface area contributed by atoms with Gasteiger partial charge < -0.3 is 82.5 Å². The van der Waals surface area contributed by atoms with Gasteiger partial charge in [0.05, 0.1) is 18.1 Å². The number of hydrogen-bond donors (Lipinski definition) is 15. The molecule has 0 bridgehead atoms. The third-order valence-electron chi connectivity index (χ3n) is 17.5. The van der Waals surface area contributed by atoms with Crippen molar-refractivity contribution in [3.05, 3.63) is 198 Å². The van der Waals surface area contributed by atoms with E-state index >= 15 is 0 Å². The summed E-state index contributed by atoms with van der Waals surface area (Å²) in [5.41, 5.74) is 60.4. The number of aromatic amines is 3. The predicted molar refractivity (Wildman–Crippen MR) is 361 cm³/mol. The number of aromatic nitrogens is 3. The van der Waals surface area contributed by atoms with E-state index in [0.29, 0.717) is 75.2 Å². The van der Waals surface area contributed by atoms with Crippen molar-refractivity contribution in [2.45, 2.75) is 118 Å². The second kappa shape index (κ2) is 29.8. The van der Waals surface area contributed by atoms with Crippen LogP contribution in [-0.4, -0.2) is 104 Å². The van der Waals surface area contributed by atoms with Crippen molar-refractivity contribution in [3.8, 4) is 0 Å². The summed E-state index contributed by atoms with van der Waals surface area (Å²) in [5, 5.41) is 11.4. The molecule has 21 nitrogen and oxygen atoms in total. The lowest BCUT2D eigenvalue weighted by atomic mass is 9.82. The van der Waals surface area contributed by atoms with Crippen LogP contribution in [0.15, 0.2) is 164 Å². The molecule has 476 valence electrons. The normalized spacial score (nSPS) is 14.7. The van der Waals surface area contributed by atoms with E-state index in [4.69, 9.17) is 51.6 Å². The van der Waals surface area contributed by atoms with Gasteiger partial charge >= 0.3 is 0 Å². The molecule has 0 aliphatic heterocycles. The molecule has 6 aromatic carbocycles. The second-order valence-corrected chi connectivity index (χ2v) is 23.9. The molecule has 0 radical (unpaired) electrons. The summed E-state index contributed by atoms with van der Waals surface area (Å²) in [6.07, 6.45) is 8.69. The predicted octanol–water partition coefficient (Wildman–Crippen LogP) is 6.02. The number of hydrogen-bond acceptors (Lipinski definition) is 15. The van der Waals surface area contributed by atoms with Crippen LogP contribution in [-0.2, 0) is 48.0 Å². The minimum Gasteiger partial charge on any atom is -0.361 e. The summed E-state index contributed by atoms with van der Waals surface area (Å²) >= 11 is 0. The number of para-hydroxylation sites is 3. The second-order valence-electron chi connectivity index (χ2n) is 23.9. The summed E-state index contributed by atoms with van der Waals surface area (Å²) in [4.78, 5) is 95.7. The smallest absolute Gasteiger partial charge is 0.252 e. The van der Waals surface area contributed by atoms with Gasteiger partial charge in [-0.2, -0.15) is 0 Å². The Bertz CT molecular complexity index is 3580. The van der Waals surface area contributed by atoms with E-state index in [2.05, 4.69) is 30.9 Å². The molecule has 9 rings (SSSR count). The summed E-state index contributed by atoms with van der Waals surface area (Å²) < 4.78 is 0. The Morgan fingerprint density at radius 3 is 0.868 bits per heavy atom. The van der Waals surface area contributed by atoms with Gasteiger partial charge in [0.25, 0.3) is 17.7 Å². The summed E-state index contributed by atoms with van der Waals surface area (Å²) in [6.45, 7) is 1.02. The molecule has 91 heavy (non-hydrogen) atoms. The number of carbonyl (C=O) groups excluding carboxylic acids is 6. The van der Waals surface area contributed by atoms with Crippen molar-refractivity contribution in [1.29, 1.82) is 0 Å². The van der Waals surface area contributed by atoms with Crippen molar-refractivity contribution in [3.63, 3.8) is 0 Å². The minimum atomic E-state index is -1.99. The molecule has 0 unspecified atom stereocenters. The number of nitrogens with two attached hydrogens (primary N) is 9. The number of ketones is 3. The Morgan fingerprint density at radius 2 is 0.615 bits per heavy atom. The first kappa shape index (κ1) is 66.4. The number of anilines is 3. The summed E-state index contributed by atoms with van der Waals surface area (Å²) in [7, 11) is 0. The molecule has 0 aliphatic rings. The molecule has 21 heteroatoms. The van der Waals surface area contributed by atoms with Gasteiger partial charge in [0.2, 0.25) is 0 Å². The molecular weight excluding hydrogens is 1150 g/mol. The van der Waals surface area contributed by atoms with E-state index in [1.54, 1.807) is 55.0 Å². The molecule has 24 N–H and O–H groups in total. The quantitative estimate of drug-likeness (QED) is 0.0127. The number of carbonyl (C=O) groups is 6. The maximum atomic E-state index is 14.4. The summed E-state index contributed by atoms with van der Waals surface area (Å²) in [5.74, 6) is -4.52. The minimum absolute atomic E-state index is 0.00983. The Balaban J connectivity index is 0.980. The standard InChI is InChI=1S/C70H85N15O6/c71-34-10-7-31-68(77,62(86)55(74)37-46-40-80-58-16-4-1-13-52(46)58)65(89)83-49-25-19-43(20-26-49)61(44-21-27-50(28-22-44)84-66(90)69(78,32-8-11-35-72)63(87)56(75)38-47-41-81-59-17-5-2-14-53(47)59)45-23-29-51(30-24-45)85-67(91)70(79,33-9-12-36-73)64(88)57(76)39-48-42-82-60-18-6-3-15-54(48)60/h1-6,13-30,40-42,55-57,61,80-82H,7-12,31-39,71-79H2,(H,83,89)(H,84,90)(H,85,91)/t55-,56-,57-,68+,69+,70+/m0/s1. The van der Waals surface area contributed by atoms with Crippen LogP contribution < -0.4 is 67.6 Å². The van der Waals surface area contributed by atoms with E-state index < -0.39 is 75.7 Å². The highest BCUT2D eigenvalue weighted by molar-refractivity contribution is 6.18. The fourth-order valence-electron chi connectivity index (χ4n) is 12.2. The molecule has 0 spiro atoms. The monoisotopic (exact) mass is 1230 g/mol. The Hall–Kier alpha value is -9.00. The fraction of sp³-hybridized carbons (Fsp3) is 0.314. The molecule has 0 saturated heterocycles. The lowest BCUT2D eigenvalue weighted by Crippen LogP contribution is -2.62. The van der Waals surface area contributed by atoms with Crippen molar-refractivity contribution >= 4 is 84.8 Å². The number of rotatable bonds is 33. The topological polar surface area (TPSA) is 420 Å². The molecule has 3 heterocycles. The molecule has 3 amide bonds. The Morgan fingerprint density at radius 1 is 0.363 bits per heavy atom. The zero-order valence-corrected chi connectivity index (χ0v) is 51.2. The van der Waals surface area contributed by atoms with E-state index in [1.165, 1.54) is 0 Å². The van der Waals surface area contributed by atoms with Crippen LogP contribution in [0, 0.1) is 0 Å². The number of nitrogens with one attached hydrogen (secondary N) is 6. The fourth-order valence-corrected chi connectivity index (χ4v) is 12.2. The van der Waals surface area contributed by atoms with Gasteiger partial charge in [-0.15, -0.1) is 0 Å². The van der Waals surface area contributed by atoms with Gasteiger partial charge in [-0.1, -0.05) is 91.0 Å². The molecule has 9 aromatic rings. The van der Waals surface area contributed by atoms with Gasteiger partial charge in [-0.25, -0.2) is 0 Å². The van der Waals surface area contributed by atoms with Crippen LogP contribution in [0.25, 0.3) is 32.7 Å². The van der Waals surface area contributed by atoms with Gasteiger partial charge in [0.15, 0.2) is 34.0 Å².